The van der Waals surface area contributed by atoms with Crippen molar-refractivity contribution in [3.63, 3.8) is 0 Å². The van der Waals surface area contributed by atoms with E-state index < -0.39 is 5.60 Å². The second-order valence-electron chi connectivity index (χ2n) is 4.54. The quantitative estimate of drug-likeness (QED) is 0.513. The van der Waals surface area contributed by atoms with Gasteiger partial charge in [-0.1, -0.05) is 23.1 Å². The van der Waals surface area contributed by atoms with E-state index in [1.165, 1.54) is 5.57 Å². The molecular weight excluding hydrogens is 228 g/mol. The number of terminal acetylenes is 1. The lowest BCUT2D eigenvalue weighted by Gasteiger charge is -2.29. The molecule has 0 N–H and O–H groups in total. The number of allylic oxidation sites excluding steroid dienone is 2. The van der Waals surface area contributed by atoms with Crippen LogP contribution >= 0.6 is 0 Å². The van der Waals surface area contributed by atoms with Crippen molar-refractivity contribution in [1.29, 1.82) is 0 Å². The van der Waals surface area contributed by atoms with E-state index in [-0.39, 0.29) is 0 Å². The molecule has 0 radical (unpaired) electrons. The van der Waals surface area contributed by atoms with Crippen LogP contribution in [0.5, 0.6) is 0 Å². The highest BCUT2D eigenvalue weighted by atomic mass is 16.5. The second kappa shape index (κ2) is 7.38. The minimum Gasteiger partial charge on any atom is -0.382 e. The molecule has 0 aromatic carbocycles. The van der Waals surface area contributed by atoms with Crippen LogP contribution in [-0.2, 0) is 14.2 Å². The van der Waals surface area contributed by atoms with Crippen LogP contribution in [-0.4, -0.2) is 39.1 Å². The number of methoxy groups -OCH3 is 1. The molecule has 0 amide bonds. The molecule has 0 aromatic rings. The Balaban J connectivity index is 2.39. The Labute approximate surface area is 110 Å². The van der Waals surface area contributed by atoms with E-state index >= 15 is 0 Å². The molecule has 0 saturated carbocycles. The maximum absolute atomic E-state index is 5.82. The van der Waals surface area contributed by atoms with Crippen molar-refractivity contribution < 1.29 is 14.2 Å². The molecule has 100 valence electrons. The molecule has 0 fully saturated rings. The summed E-state index contributed by atoms with van der Waals surface area (Å²) < 4.78 is 16.1. The highest BCUT2D eigenvalue weighted by molar-refractivity contribution is 5.37. The molecule has 3 heteroatoms. The summed E-state index contributed by atoms with van der Waals surface area (Å²) in [5.74, 6) is 2.76. The van der Waals surface area contributed by atoms with Crippen LogP contribution in [0.2, 0.25) is 0 Å². The zero-order valence-corrected chi connectivity index (χ0v) is 11.5. The third-order valence-corrected chi connectivity index (χ3v) is 2.74. The highest BCUT2D eigenvalue weighted by Gasteiger charge is 2.28. The van der Waals surface area contributed by atoms with Crippen molar-refractivity contribution in [2.24, 2.45) is 0 Å². The Kier molecular flexibility index (Phi) is 6.14. The first-order chi connectivity index (χ1) is 8.62. The van der Waals surface area contributed by atoms with Crippen molar-refractivity contribution in [2.75, 3.05) is 33.5 Å². The average molecular weight is 250 g/mol. The lowest BCUT2D eigenvalue weighted by atomic mass is 9.88. The Morgan fingerprint density at radius 2 is 2.00 bits per heavy atom. The molecule has 0 spiro atoms. The van der Waals surface area contributed by atoms with Crippen LogP contribution < -0.4 is 0 Å². The van der Waals surface area contributed by atoms with Gasteiger partial charge in [0, 0.05) is 13.5 Å². The average Bonchev–Trinajstić information content (AvgIpc) is 2.32. The molecule has 1 aliphatic carbocycles. The monoisotopic (exact) mass is 250 g/mol. The fraction of sp³-hybridized carbons (Fsp3) is 0.600. The van der Waals surface area contributed by atoms with Crippen molar-refractivity contribution in [2.45, 2.75) is 25.9 Å². The van der Waals surface area contributed by atoms with E-state index in [1.807, 2.05) is 13.0 Å². The van der Waals surface area contributed by atoms with Gasteiger partial charge < -0.3 is 14.2 Å². The van der Waals surface area contributed by atoms with Crippen LogP contribution in [0.1, 0.15) is 20.3 Å². The highest BCUT2D eigenvalue weighted by Crippen LogP contribution is 2.29. The Morgan fingerprint density at radius 1 is 1.28 bits per heavy atom. The zero-order chi connectivity index (χ0) is 13.4. The van der Waals surface area contributed by atoms with Gasteiger partial charge in [-0.2, -0.15) is 0 Å². The SMILES string of the molecule is C#CC1(OCCOCCOC)C=C(C)C=C(C)C1. The molecule has 1 unspecified atom stereocenters. The van der Waals surface area contributed by atoms with E-state index in [9.17, 15) is 0 Å². The van der Waals surface area contributed by atoms with Crippen LogP contribution in [0.25, 0.3) is 0 Å². The third-order valence-electron chi connectivity index (χ3n) is 2.74. The summed E-state index contributed by atoms with van der Waals surface area (Å²) in [6.07, 6.45) is 10.5. The lowest BCUT2D eigenvalue weighted by Crippen LogP contribution is -2.32. The molecule has 18 heavy (non-hydrogen) atoms. The van der Waals surface area contributed by atoms with Gasteiger partial charge in [-0.25, -0.2) is 0 Å². The normalized spacial score (nSPS) is 23.2. The van der Waals surface area contributed by atoms with Crippen molar-refractivity contribution in [1.82, 2.24) is 0 Å². The molecular formula is C15H22O3. The van der Waals surface area contributed by atoms with Gasteiger partial charge >= 0.3 is 0 Å². The van der Waals surface area contributed by atoms with E-state index in [4.69, 9.17) is 20.6 Å². The molecule has 0 heterocycles. The minimum absolute atomic E-state index is 0.491. The van der Waals surface area contributed by atoms with Gasteiger partial charge in [-0.05, 0) is 19.9 Å². The van der Waals surface area contributed by atoms with Crippen LogP contribution in [0, 0.1) is 12.3 Å². The summed E-state index contributed by atoms with van der Waals surface area (Å²) in [6, 6.07) is 0. The predicted molar refractivity (Wildman–Crippen MR) is 72.3 cm³/mol. The molecule has 1 rings (SSSR count). The fourth-order valence-electron chi connectivity index (χ4n) is 2.07. The molecule has 1 aliphatic rings. The third kappa shape index (κ3) is 4.66. The van der Waals surface area contributed by atoms with E-state index in [1.54, 1.807) is 7.11 Å². The van der Waals surface area contributed by atoms with Crippen molar-refractivity contribution in [3.05, 3.63) is 23.3 Å². The molecule has 0 bridgehead atoms. The smallest absolute Gasteiger partial charge is 0.151 e. The van der Waals surface area contributed by atoms with Crippen LogP contribution in [0.3, 0.4) is 0 Å². The van der Waals surface area contributed by atoms with Gasteiger partial charge in [0.25, 0.3) is 0 Å². The Morgan fingerprint density at radius 3 is 2.61 bits per heavy atom. The topological polar surface area (TPSA) is 27.7 Å². The van der Waals surface area contributed by atoms with Gasteiger partial charge in [-0.15, -0.1) is 6.42 Å². The fourth-order valence-corrected chi connectivity index (χ4v) is 2.07. The minimum atomic E-state index is -0.604. The van der Waals surface area contributed by atoms with Gasteiger partial charge in [0.05, 0.1) is 26.4 Å². The summed E-state index contributed by atoms with van der Waals surface area (Å²) in [5.41, 5.74) is 1.79. The van der Waals surface area contributed by atoms with Crippen molar-refractivity contribution in [3.8, 4) is 12.3 Å². The van der Waals surface area contributed by atoms with E-state index in [2.05, 4.69) is 18.9 Å². The lowest BCUT2D eigenvalue weighted by molar-refractivity contribution is -0.0173. The van der Waals surface area contributed by atoms with Gasteiger partial charge in [0.2, 0.25) is 0 Å². The molecule has 0 saturated heterocycles. The zero-order valence-electron chi connectivity index (χ0n) is 11.5. The molecule has 0 aromatic heterocycles. The first-order valence-corrected chi connectivity index (χ1v) is 6.17. The maximum Gasteiger partial charge on any atom is 0.151 e. The number of ether oxygens (including phenoxy) is 3. The number of hydrogen-bond acceptors (Lipinski definition) is 3. The van der Waals surface area contributed by atoms with Crippen LogP contribution in [0.15, 0.2) is 23.3 Å². The van der Waals surface area contributed by atoms with Gasteiger partial charge in [0.1, 0.15) is 0 Å². The molecule has 0 aliphatic heterocycles. The first-order valence-electron chi connectivity index (χ1n) is 6.17. The Bertz CT molecular complexity index is 362. The van der Waals surface area contributed by atoms with Gasteiger partial charge in [0.15, 0.2) is 5.60 Å². The second-order valence-corrected chi connectivity index (χ2v) is 4.54. The molecule has 3 nitrogen and oxygen atoms in total. The van der Waals surface area contributed by atoms with E-state index in [0.29, 0.717) is 26.4 Å². The molecule has 1 atom stereocenters. The summed E-state index contributed by atoms with van der Waals surface area (Å²) >= 11 is 0. The number of rotatable bonds is 7. The Hall–Kier alpha value is -1.08. The van der Waals surface area contributed by atoms with Crippen LogP contribution in [0.4, 0.5) is 0 Å². The summed E-state index contributed by atoms with van der Waals surface area (Å²) in [4.78, 5) is 0. The number of hydrogen-bond donors (Lipinski definition) is 0. The summed E-state index contributed by atoms with van der Waals surface area (Å²) in [7, 11) is 1.65. The maximum atomic E-state index is 5.82. The van der Waals surface area contributed by atoms with Gasteiger partial charge in [-0.3, -0.25) is 0 Å². The summed E-state index contributed by atoms with van der Waals surface area (Å²) in [6.45, 7) is 6.31. The largest absolute Gasteiger partial charge is 0.382 e. The predicted octanol–water partition coefficient (Wildman–Crippen LogP) is 2.33. The van der Waals surface area contributed by atoms with E-state index in [0.717, 1.165) is 12.0 Å². The standard InChI is InChI=1S/C15H22O3/c1-5-15(11-13(2)10-14(3)12-15)18-9-8-17-7-6-16-4/h1,10-11H,6-9,12H2,2-4H3. The summed E-state index contributed by atoms with van der Waals surface area (Å²) in [5, 5.41) is 0. The van der Waals surface area contributed by atoms with Crippen molar-refractivity contribution >= 4 is 0 Å². The first kappa shape index (κ1) is 15.0.